The molecule has 0 fully saturated rings. The van der Waals surface area contributed by atoms with Gasteiger partial charge in [-0.2, -0.15) is 0 Å². The van der Waals surface area contributed by atoms with Crippen molar-refractivity contribution in [2.24, 2.45) is 0 Å². The first-order valence-corrected chi connectivity index (χ1v) is 7.53. The molecule has 0 saturated heterocycles. The van der Waals surface area contributed by atoms with Gasteiger partial charge in [0, 0.05) is 35.4 Å². The molecular formula is C19H13F4NO. The van der Waals surface area contributed by atoms with Crippen molar-refractivity contribution in [3.8, 4) is 28.3 Å². The molecule has 0 amide bonds. The lowest BCUT2D eigenvalue weighted by Crippen LogP contribution is -1.98. The minimum atomic E-state index is -0.799. The highest BCUT2D eigenvalue weighted by Crippen LogP contribution is 2.31. The zero-order valence-electron chi connectivity index (χ0n) is 13.2. The third-order valence-corrected chi connectivity index (χ3v) is 3.52. The first-order chi connectivity index (χ1) is 12.0. The molecule has 0 aliphatic rings. The van der Waals surface area contributed by atoms with Crippen LogP contribution in [0.2, 0.25) is 0 Å². The van der Waals surface area contributed by atoms with Gasteiger partial charge in [0.05, 0.1) is 18.0 Å². The van der Waals surface area contributed by atoms with E-state index in [0.29, 0.717) is 12.4 Å². The van der Waals surface area contributed by atoms with Crippen LogP contribution >= 0.6 is 0 Å². The number of hydrogen-bond acceptors (Lipinski definition) is 2. The van der Waals surface area contributed by atoms with Crippen LogP contribution in [-0.2, 0) is 0 Å². The molecule has 0 aliphatic carbocycles. The van der Waals surface area contributed by atoms with Crippen LogP contribution < -0.4 is 4.74 Å². The van der Waals surface area contributed by atoms with Gasteiger partial charge in [-0.3, -0.25) is 0 Å². The van der Waals surface area contributed by atoms with Crippen LogP contribution in [0.15, 0.2) is 48.5 Å². The van der Waals surface area contributed by atoms with Gasteiger partial charge in [0.1, 0.15) is 29.0 Å². The first-order valence-electron chi connectivity index (χ1n) is 7.53. The molecule has 0 saturated carbocycles. The average Bonchev–Trinajstić information content (AvgIpc) is 2.54. The predicted octanol–water partition coefficient (Wildman–Crippen LogP) is 5.37. The van der Waals surface area contributed by atoms with Gasteiger partial charge < -0.3 is 4.74 Å². The minimum Gasteiger partial charge on any atom is -0.494 e. The Morgan fingerprint density at radius 3 is 1.64 bits per heavy atom. The van der Waals surface area contributed by atoms with Crippen molar-refractivity contribution in [1.29, 1.82) is 0 Å². The van der Waals surface area contributed by atoms with E-state index in [4.69, 9.17) is 4.74 Å². The summed E-state index contributed by atoms with van der Waals surface area (Å²) in [7, 11) is 0. The molecule has 0 aliphatic heterocycles. The van der Waals surface area contributed by atoms with Crippen molar-refractivity contribution >= 4 is 0 Å². The maximum Gasteiger partial charge on any atom is 0.135 e. The van der Waals surface area contributed by atoms with Crippen molar-refractivity contribution in [3.63, 3.8) is 0 Å². The molecule has 0 radical (unpaired) electrons. The Morgan fingerprint density at radius 2 is 1.24 bits per heavy atom. The molecule has 0 bridgehead atoms. The number of pyridine rings is 1. The lowest BCUT2D eigenvalue weighted by Gasteiger charge is -2.11. The molecule has 2 nitrogen and oxygen atoms in total. The minimum absolute atomic E-state index is 0.0479. The molecule has 0 atom stereocenters. The van der Waals surface area contributed by atoms with Gasteiger partial charge in [-0.15, -0.1) is 0 Å². The smallest absolute Gasteiger partial charge is 0.135 e. The highest BCUT2D eigenvalue weighted by atomic mass is 19.1. The van der Waals surface area contributed by atoms with Crippen molar-refractivity contribution in [2.45, 2.75) is 6.92 Å². The molecule has 1 heterocycles. The molecule has 6 heteroatoms. The highest BCUT2D eigenvalue weighted by Gasteiger charge is 2.14. The number of rotatable bonds is 4. The van der Waals surface area contributed by atoms with Gasteiger partial charge >= 0.3 is 0 Å². The summed E-state index contributed by atoms with van der Waals surface area (Å²) >= 11 is 0. The summed E-state index contributed by atoms with van der Waals surface area (Å²) in [6.45, 7) is 2.09. The molecule has 3 rings (SSSR count). The molecule has 1 aromatic heterocycles. The Morgan fingerprint density at radius 1 is 0.760 bits per heavy atom. The quantitative estimate of drug-likeness (QED) is 0.592. The number of aromatic nitrogens is 1. The van der Waals surface area contributed by atoms with Gasteiger partial charge in [0.15, 0.2) is 0 Å². The largest absolute Gasteiger partial charge is 0.494 e. The van der Waals surface area contributed by atoms with Crippen molar-refractivity contribution in [1.82, 2.24) is 4.98 Å². The summed E-state index contributed by atoms with van der Waals surface area (Å²) in [5.74, 6) is -2.69. The molecule has 0 unspecified atom stereocenters. The molecule has 3 aromatic rings. The van der Waals surface area contributed by atoms with Gasteiger partial charge in [-0.1, -0.05) is 0 Å². The van der Waals surface area contributed by atoms with Gasteiger partial charge in [-0.25, -0.2) is 22.5 Å². The van der Waals surface area contributed by atoms with E-state index in [2.05, 4.69) is 4.98 Å². The van der Waals surface area contributed by atoms with Crippen LogP contribution in [0.4, 0.5) is 17.6 Å². The van der Waals surface area contributed by atoms with E-state index in [9.17, 15) is 17.6 Å². The van der Waals surface area contributed by atoms with Crippen molar-refractivity contribution < 1.29 is 22.3 Å². The molecule has 0 spiro atoms. The average molecular weight is 347 g/mol. The number of halogens is 4. The molecular weight excluding hydrogens is 334 g/mol. The Bertz CT molecular complexity index is 858. The predicted molar refractivity (Wildman–Crippen MR) is 86.1 cm³/mol. The van der Waals surface area contributed by atoms with Crippen molar-refractivity contribution in [3.05, 3.63) is 71.8 Å². The SMILES string of the molecule is CCOc1cc(-c2ccc(F)cc2F)nc(-c2ccc(F)cc2F)c1. The van der Waals surface area contributed by atoms with Crippen LogP contribution in [0.1, 0.15) is 6.92 Å². The van der Waals surface area contributed by atoms with Crippen LogP contribution in [0.5, 0.6) is 5.75 Å². The summed E-state index contributed by atoms with van der Waals surface area (Å²) in [6, 6.07) is 9.12. The summed E-state index contributed by atoms with van der Waals surface area (Å²) in [4.78, 5) is 4.23. The zero-order chi connectivity index (χ0) is 18.0. The summed E-state index contributed by atoms with van der Waals surface area (Å²) in [5.41, 5.74) is 0.405. The Labute approximate surface area is 141 Å². The van der Waals surface area contributed by atoms with Crippen molar-refractivity contribution in [2.75, 3.05) is 6.61 Å². The monoisotopic (exact) mass is 347 g/mol. The van der Waals surface area contributed by atoms with E-state index in [1.165, 1.54) is 24.3 Å². The van der Waals surface area contributed by atoms with E-state index < -0.39 is 23.3 Å². The van der Waals surface area contributed by atoms with E-state index in [-0.39, 0.29) is 22.5 Å². The summed E-state index contributed by atoms with van der Waals surface area (Å²) in [5, 5.41) is 0. The maximum absolute atomic E-state index is 14.1. The number of ether oxygens (including phenoxy) is 1. The Kier molecular flexibility index (Phi) is 4.70. The lowest BCUT2D eigenvalue weighted by atomic mass is 10.1. The molecule has 0 N–H and O–H groups in total. The fourth-order valence-corrected chi connectivity index (χ4v) is 2.43. The summed E-state index contributed by atoms with van der Waals surface area (Å²) in [6.07, 6.45) is 0. The van der Waals surface area contributed by atoms with Crippen LogP contribution in [0, 0.1) is 23.3 Å². The molecule has 25 heavy (non-hydrogen) atoms. The third-order valence-electron chi connectivity index (χ3n) is 3.52. The molecule has 128 valence electrons. The van der Waals surface area contributed by atoms with Crippen LogP contribution in [-0.4, -0.2) is 11.6 Å². The van der Waals surface area contributed by atoms with Crippen LogP contribution in [0.3, 0.4) is 0 Å². The Balaban J connectivity index is 2.18. The topological polar surface area (TPSA) is 22.1 Å². The standard InChI is InChI=1S/C19H13F4NO/c1-2-25-13-9-18(14-5-3-11(20)7-16(14)22)24-19(10-13)15-6-4-12(21)8-17(15)23/h3-10H,2H2,1H3. The second kappa shape index (κ2) is 6.93. The number of nitrogens with zero attached hydrogens (tertiary/aromatic N) is 1. The second-order valence-corrected chi connectivity index (χ2v) is 5.25. The lowest BCUT2D eigenvalue weighted by molar-refractivity contribution is 0.340. The van der Waals surface area contributed by atoms with E-state index in [1.807, 2.05) is 0 Å². The number of hydrogen-bond donors (Lipinski definition) is 0. The Hall–Kier alpha value is -2.89. The highest BCUT2D eigenvalue weighted by molar-refractivity contribution is 5.69. The maximum atomic E-state index is 14.1. The normalized spacial score (nSPS) is 10.8. The van der Waals surface area contributed by atoms with Crippen LogP contribution in [0.25, 0.3) is 22.5 Å². The fraction of sp³-hybridized carbons (Fsp3) is 0.105. The van der Waals surface area contributed by atoms with E-state index in [0.717, 1.165) is 24.3 Å². The summed E-state index contributed by atoms with van der Waals surface area (Å²) < 4.78 is 59.8. The van der Waals surface area contributed by atoms with Gasteiger partial charge in [0.25, 0.3) is 0 Å². The number of benzene rings is 2. The van der Waals surface area contributed by atoms with E-state index in [1.54, 1.807) is 6.92 Å². The third kappa shape index (κ3) is 3.63. The second-order valence-electron chi connectivity index (χ2n) is 5.25. The fourth-order valence-electron chi connectivity index (χ4n) is 2.43. The first kappa shape index (κ1) is 17.0. The van der Waals surface area contributed by atoms with Gasteiger partial charge in [-0.05, 0) is 31.2 Å². The van der Waals surface area contributed by atoms with E-state index >= 15 is 0 Å². The van der Waals surface area contributed by atoms with Gasteiger partial charge in [0.2, 0.25) is 0 Å². The zero-order valence-corrected chi connectivity index (χ0v) is 13.2. The molecule has 2 aromatic carbocycles.